The van der Waals surface area contributed by atoms with Crippen molar-refractivity contribution in [1.29, 1.82) is 0 Å². The molecular formula is C16H20N2O2. The van der Waals surface area contributed by atoms with Crippen LogP contribution in [-0.2, 0) is 6.54 Å². The number of aliphatic hydroxyl groups is 2. The fourth-order valence-corrected chi connectivity index (χ4v) is 2.06. The van der Waals surface area contributed by atoms with Crippen LogP contribution in [0.5, 0.6) is 0 Å². The summed E-state index contributed by atoms with van der Waals surface area (Å²) in [5, 5.41) is 18.7. The van der Waals surface area contributed by atoms with E-state index in [9.17, 15) is 10.2 Å². The third kappa shape index (κ3) is 3.79. The molecule has 1 aromatic carbocycles. The Labute approximate surface area is 119 Å². The van der Waals surface area contributed by atoms with Crippen LogP contribution in [-0.4, -0.2) is 28.3 Å². The molecule has 2 rings (SSSR count). The van der Waals surface area contributed by atoms with Crippen molar-refractivity contribution in [2.75, 3.05) is 18.1 Å². The maximum absolute atomic E-state index is 9.48. The molecule has 1 heterocycles. The van der Waals surface area contributed by atoms with Gasteiger partial charge < -0.3 is 15.1 Å². The van der Waals surface area contributed by atoms with Crippen molar-refractivity contribution in [2.24, 2.45) is 0 Å². The minimum Gasteiger partial charge on any atom is -0.395 e. The van der Waals surface area contributed by atoms with Gasteiger partial charge in [0.2, 0.25) is 0 Å². The van der Waals surface area contributed by atoms with Crippen LogP contribution in [0, 0.1) is 0 Å². The average Bonchev–Trinajstić information content (AvgIpc) is 2.48. The zero-order valence-electron chi connectivity index (χ0n) is 11.6. The second-order valence-corrected chi connectivity index (χ2v) is 4.75. The molecule has 0 fully saturated rings. The topological polar surface area (TPSA) is 56.6 Å². The van der Waals surface area contributed by atoms with Crippen molar-refractivity contribution in [3.8, 4) is 0 Å². The summed E-state index contributed by atoms with van der Waals surface area (Å²) < 4.78 is 0. The van der Waals surface area contributed by atoms with Gasteiger partial charge in [0.05, 0.1) is 30.3 Å². The van der Waals surface area contributed by atoms with Crippen LogP contribution in [0.4, 0.5) is 5.69 Å². The second kappa shape index (κ2) is 7.03. The Morgan fingerprint density at radius 1 is 1.15 bits per heavy atom. The molecule has 0 aliphatic heterocycles. The SMILES string of the molecule is C[C@@H](O)c1ccc(N(CCO)Cc2ccccc2)cn1. The highest BCUT2D eigenvalue weighted by Crippen LogP contribution is 2.18. The first kappa shape index (κ1) is 14.5. The number of rotatable bonds is 6. The van der Waals surface area contributed by atoms with E-state index < -0.39 is 6.10 Å². The summed E-state index contributed by atoms with van der Waals surface area (Å²) in [6, 6.07) is 13.8. The Kier molecular flexibility index (Phi) is 5.09. The molecular weight excluding hydrogens is 252 g/mol. The summed E-state index contributed by atoms with van der Waals surface area (Å²) in [6.07, 6.45) is 1.17. The lowest BCUT2D eigenvalue weighted by Gasteiger charge is -2.24. The molecule has 0 aliphatic rings. The van der Waals surface area contributed by atoms with Crippen LogP contribution in [0.3, 0.4) is 0 Å². The standard InChI is InChI=1S/C16H20N2O2/c1-13(20)16-8-7-15(11-17-16)18(9-10-19)12-14-5-3-2-4-6-14/h2-8,11,13,19-20H,9-10,12H2,1H3/t13-/m1/s1. The van der Waals surface area contributed by atoms with Gasteiger partial charge in [0.1, 0.15) is 0 Å². The predicted molar refractivity (Wildman–Crippen MR) is 79.4 cm³/mol. The third-order valence-electron chi connectivity index (χ3n) is 3.15. The molecule has 4 heteroatoms. The van der Waals surface area contributed by atoms with E-state index in [1.165, 1.54) is 5.56 Å². The fraction of sp³-hybridized carbons (Fsp3) is 0.312. The molecule has 0 radical (unpaired) electrons. The molecule has 106 valence electrons. The summed E-state index contributed by atoms with van der Waals surface area (Å²) in [6.45, 7) is 3.05. The van der Waals surface area contributed by atoms with E-state index in [0.29, 0.717) is 12.2 Å². The van der Waals surface area contributed by atoms with Gasteiger partial charge >= 0.3 is 0 Å². The first-order valence-corrected chi connectivity index (χ1v) is 6.74. The van der Waals surface area contributed by atoms with Gasteiger partial charge in [-0.05, 0) is 24.6 Å². The molecule has 20 heavy (non-hydrogen) atoms. The quantitative estimate of drug-likeness (QED) is 0.846. The maximum Gasteiger partial charge on any atom is 0.0931 e. The highest BCUT2D eigenvalue weighted by atomic mass is 16.3. The predicted octanol–water partition coefficient (Wildman–Crippen LogP) is 2.13. The van der Waals surface area contributed by atoms with Gasteiger partial charge in [-0.2, -0.15) is 0 Å². The zero-order chi connectivity index (χ0) is 14.4. The molecule has 0 amide bonds. The molecule has 0 saturated heterocycles. The van der Waals surface area contributed by atoms with E-state index >= 15 is 0 Å². The van der Waals surface area contributed by atoms with Crippen LogP contribution < -0.4 is 4.90 Å². The molecule has 1 aromatic heterocycles. The lowest BCUT2D eigenvalue weighted by atomic mass is 10.2. The lowest BCUT2D eigenvalue weighted by molar-refractivity contribution is 0.194. The van der Waals surface area contributed by atoms with Crippen LogP contribution in [0.25, 0.3) is 0 Å². The van der Waals surface area contributed by atoms with Gasteiger partial charge in [0.15, 0.2) is 0 Å². The lowest BCUT2D eigenvalue weighted by Crippen LogP contribution is -2.26. The van der Waals surface area contributed by atoms with E-state index in [-0.39, 0.29) is 6.61 Å². The van der Waals surface area contributed by atoms with E-state index in [0.717, 1.165) is 12.2 Å². The number of aromatic nitrogens is 1. The molecule has 2 N–H and O–H groups in total. The summed E-state index contributed by atoms with van der Waals surface area (Å²) in [5.74, 6) is 0. The Balaban J connectivity index is 2.15. The van der Waals surface area contributed by atoms with E-state index in [2.05, 4.69) is 22.0 Å². The average molecular weight is 272 g/mol. The Morgan fingerprint density at radius 2 is 1.90 bits per heavy atom. The van der Waals surface area contributed by atoms with Crippen molar-refractivity contribution in [1.82, 2.24) is 4.98 Å². The number of nitrogens with zero attached hydrogens (tertiary/aromatic N) is 2. The number of aliphatic hydroxyl groups excluding tert-OH is 2. The number of hydrogen-bond donors (Lipinski definition) is 2. The minimum atomic E-state index is -0.565. The van der Waals surface area contributed by atoms with Gasteiger partial charge in [-0.15, -0.1) is 0 Å². The Morgan fingerprint density at radius 3 is 2.45 bits per heavy atom. The van der Waals surface area contributed by atoms with Crippen molar-refractivity contribution in [2.45, 2.75) is 19.6 Å². The van der Waals surface area contributed by atoms with Gasteiger partial charge in [0.25, 0.3) is 0 Å². The summed E-state index contributed by atoms with van der Waals surface area (Å²) in [7, 11) is 0. The smallest absolute Gasteiger partial charge is 0.0931 e. The first-order chi connectivity index (χ1) is 9.70. The molecule has 0 saturated carbocycles. The van der Waals surface area contributed by atoms with Crippen LogP contribution in [0.15, 0.2) is 48.7 Å². The van der Waals surface area contributed by atoms with E-state index in [1.807, 2.05) is 30.3 Å². The van der Waals surface area contributed by atoms with E-state index in [1.54, 1.807) is 13.1 Å². The van der Waals surface area contributed by atoms with Crippen molar-refractivity contribution < 1.29 is 10.2 Å². The van der Waals surface area contributed by atoms with Crippen LogP contribution >= 0.6 is 0 Å². The third-order valence-corrected chi connectivity index (χ3v) is 3.15. The molecule has 1 atom stereocenters. The number of hydrogen-bond acceptors (Lipinski definition) is 4. The normalized spacial score (nSPS) is 12.2. The number of benzene rings is 1. The van der Waals surface area contributed by atoms with Gasteiger partial charge in [-0.3, -0.25) is 4.98 Å². The Bertz CT molecular complexity index is 512. The summed E-state index contributed by atoms with van der Waals surface area (Å²) in [5.41, 5.74) is 2.77. The summed E-state index contributed by atoms with van der Waals surface area (Å²) in [4.78, 5) is 6.31. The van der Waals surface area contributed by atoms with Crippen molar-refractivity contribution >= 4 is 5.69 Å². The first-order valence-electron chi connectivity index (χ1n) is 6.74. The van der Waals surface area contributed by atoms with Gasteiger partial charge in [-0.1, -0.05) is 30.3 Å². The monoisotopic (exact) mass is 272 g/mol. The molecule has 4 nitrogen and oxygen atoms in total. The molecule has 0 unspecified atom stereocenters. The second-order valence-electron chi connectivity index (χ2n) is 4.75. The molecule has 0 bridgehead atoms. The highest BCUT2D eigenvalue weighted by Gasteiger charge is 2.09. The summed E-state index contributed by atoms with van der Waals surface area (Å²) >= 11 is 0. The Hall–Kier alpha value is -1.91. The fourth-order valence-electron chi connectivity index (χ4n) is 2.06. The molecule has 0 spiro atoms. The van der Waals surface area contributed by atoms with Crippen molar-refractivity contribution in [3.05, 3.63) is 59.9 Å². The van der Waals surface area contributed by atoms with Crippen molar-refractivity contribution in [3.63, 3.8) is 0 Å². The van der Waals surface area contributed by atoms with Crippen LogP contribution in [0.2, 0.25) is 0 Å². The highest BCUT2D eigenvalue weighted by molar-refractivity contribution is 5.45. The largest absolute Gasteiger partial charge is 0.395 e. The molecule has 0 aliphatic carbocycles. The zero-order valence-corrected chi connectivity index (χ0v) is 11.6. The van der Waals surface area contributed by atoms with Gasteiger partial charge in [-0.25, -0.2) is 0 Å². The maximum atomic E-state index is 9.48. The van der Waals surface area contributed by atoms with Gasteiger partial charge in [0, 0.05) is 13.1 Å². The minimum absolute atomic E-state index is 0.0883. The number of anilines is 1. The molecule has 2 aromatic rings. The van der Waals surface area contributed by atoms with Crippen LogP contribution in [0.1, 0.15) is 24.3 Å². The van der Waals surface area contributed by atoms with E-state index in [4.69, 9.17) is 0 Å². The number of pyridine rings is 1.